The Hall–Kier alpha value is -2.82. The molecule has 23 heavy (non-hydrogen) atoms. The van der Waals surface area contributed by atoms with Gasteiger partial charge >= 0.3 is 0 Å². The van der Waals surface area contributed by atoms with Crippen LogP contribution in [0.4, 0.5) is 4.39 Å². The number of nitrogens with one attached hydrogen (secondary N) is 1. The molecule has 0 radical (unpaired) electrons. The second-order valence-electron chi connectivity index (χ2n) is 4.79. The van der Waals surface area contributed by atoms with Crippen LogP contribution in [0.2, 0.25) is 0 Å². The molecule has 0 saturated carbocycles. The summed E-state index contributed by atoms with van der Waals surface area (Å²) in [6.07, 6.45) is 3.09. The van der Waals surface area contributed by atoms with Gasteiger partial charge in [0.15, 0.2) is 0 Å². The molecule has 0 saturated heterocycles. The third-order valence-electron chi connectivity index (χ3n) is 3.23. The van der Waals surface area contributed by atoms with E-state index in [0.717, 1.165) is 11.1 Å². The number of rotatable bonds is 6. The zero-order chi connectivity index (χ0) is 16.7. The SMILES string of the molecule is COc1ccc(/C=C/C(=O)NCc2ccc(F)cc2)c(OC)c1. The maximum absolute atomic E-state index is 12.8. The van der Waals surface area contributed by atoms with Crippen LogP contribution < -0.4 is 14.8 Å². The molecular weight excluding hydrogens is 297 g/mol. The molecule has 5 heteroatoms. The number of carbonyl (C=O) groups excluding carboxylic acids is 1. The van der Waals surface area contributed by atoms with Crippen LogP contribution >= 0.6 is 0 Å². The molecule has 0 atom stereocenters. The average Bonchev–Trinajstić information content (AvgIpc) is 2.59. The summed E-state index contributed by atoms with van der Waals surface area (Å²) in [5.74, 6) is 0.755. The maximum atomic E-state index is 12.8. The molecule has 1 amide bonds. The van der Waals surface area contributed by atoms with Gasteiger partial charge in [-0.1, -0.05) is 12.1 Å². The Morgan fingerprint density at radius 1 is 1.13 bits per heavy atom. The van der Waals surface area contributed by atoms with Crippen LogP contribution in [0.25, 0.3) is 6.08 Å². The summed E-state index contributed by atoms with van der Waals surface area (Å²) in [6.45, 7) is 0.337. The van der Waals surface area contributed by atoms with Gasteiger partial charge in [-0.15, -0.1) is 0 Å². The number of amides is 1. The minimum atomic E-state index is -0.299. The smallest absolute Gasteiger partial charge is 0.244 e. The third-order valence-corrected chi connectivity index (χ3v) is 3.23. The van der Waals surface area contributed by atoms with E-state index in [2.05, 4.69) is 5.32 Å². The van der Waals surface area contributed by atoms with Crippen molar-refractivity contribution in [3.8, 4) is 11.5 Å². The quantitative estimate of drug-likeness (QED) is 0.833. The highest BCUT2D eigenvalue weighted by Crippen LogP contribution is 2.25. The monoisotopic (exact) mass is 315 g/mol. The standard InChI is InChI=1S/C18H18FNO3/c1-22-16-9-5-14(17(11-16)23-2)6-10-18(21)20-12-13-3-7-15(19)8-4-13/h3-11H,12H2,1-2H3,(H,20,21)/b10-6+. The molecular formula is C18H18FNO3. The Morgan fingerprint density at radius 3 is 2.52 bits per heavy atom. The highest BCUT2D eigenvalue weighted by molar-refractivity contribution is 5.92. The van der Waals surface area contributed by atoms with Crippen LogP contribution in [0, 0.1) is 5.82 Å². The van der Waals surface area contributed by atoms with Gasteiger partial charge in [0.05, 0.1) is 14.2 Å². The Balaban J connectivity index is 1.96. The van der Waals surface area contributed by atoms with E-state index in [1.165, 1.54) is 18.2 Å². The Labute approximate surface area is 134 Å². The number of benzene rings is 2. The number of ether oxygens (including phenoxy) is 2. The fourth-order valence-corrected chi connectivity index (χ4v) is 1.97. The van der Waals surface area contributed by atoms with Crippen LogP contribution in [0.5, 0.6) is 11.5 Å². The summed E-state index contributed by atoms with van der Waals surface area (Å²) in [6, 6.07) is 11.3. The van der Waals surface area contributed by atoms with E-state index in [0.29, 0.717) is 18.0 Å². The van der Waals surface area contributed by atoms with Crippen LogP contribution in [0.3, 0.4) is 0 Å². The fourth-order valence-electron chi connectivity index (χ4n) is 1.97. The number of hydrogen-bond donors (Lipinski definition) is 1. The number of halogens is 1. The number of hydrogen-bond acceptors (Lipinski definition) is 3. The average molecular weight is 315 g/mol. The molecule has 120 valence electrons. The summed E-state index contributed by atoms with van der Waals surface area (Å²) in [7, 11) is 3.13. The van der Waals surface area contributed by atoms with Crippen LogP contribution in [-0.2, 0) is 11.3 Å². The molecule has 0 aliphatic rings. The van der Waals surface area contributed by atoms with Gasteiger partial charge in [-0.05, 0) is 35.9 Å². The number of carbonyl (C=O) groups is 1. The van der Waals surface area contributed by atoms with E-state index < -0.39 is 0 Å². The summed E-state index contributed by atoms with van der Waals surface area (Å²) in [5.41, 5.74) is 1.60. The molecule has 1 N–H and O–H groups in total. The van der Waals surface area contributed by atoms with Crippen LogP contribution in [-0.4, -0.2) is 20.1 Å². The normalized spacial score (nSPS) is 10.6. The summed E-state index contributed by atoms with van der Waals surface area (Å²) >= 11 is 0. The zero-order valence-electron chi connectivity index (χ0n) is 13.0. The second kappa shape index (κ2) is 7.98. The predicted octanol–water partition coefficient (Wildman–Crippen LogP) is 3.17. The van der Waals surface area contributed by atoms with Gasteiger partial charge < -0.3 is 14.8 Å². The van der Waals surface area contributed by atoms with Gasteiger partial charge in [0.1, 0.15) is 17.3 Å². The van der Waals surface area contributed by atoms with E-state index >= 15 is 0 Å². The van der Waals surface area contributed by atoms with Gasteiger partial charge in [0, 0.05) is 24.3 Å². The van der Waals surface area contributed by atoms with Crippen molar-refractivity contribution in [1.29, 1.82) is 0 Å². The third kappa shape index (κ3) is 4.85. The molecule has 0 aliphatic heterocycles. The van der Waals surface area contributed by atoms with E-state index in [1.54, 1.807) is 50.6 Å². The fraction of sp³-hybridized carbons (Fsp3) is 0.167. The van der Waals surface area contributed by atoms with Crippen molar-refractivity contribution < 1.29 is 18.7 Å². The summed E-state index contributed by atoms with van der Waals surface area (Å²) in [4.78, 5) is 11.8. The summed E-state index contributed by atoms with van der Waals surface area (Å²) in [5, 5.41) is 2.73. The Bertz CT molecular complexity index is 696. The highest BCUT2D eigenvalue weighted by Gasteiger charge is 2.03. The molecule has 0 bridgehead atoms. The van der Waals surface area contributed by atoms with Crippen molar-refractivity contribution in [3.05, 3.63) is 65.5 Å². The molecule has 2 aromatic carbocycles. The minimum Gasteiger partial charge on any atom is -0.497 e. The van der Waals surface area contributed by atoms with Gasteiger partial charge in [0.25, 0.3) is 0 Å². The molecule has 0 aromatic heterocycles. The first kappa shape index (κ1) is 16.5. The van der Waals surface area contributed by atoms with Crippen molar-refractivity contribution in [2.24, 2.45) is 0 Å². The van der Waals surface area contributed by atoms with E-state index in [9.17, 15) is 9.18 Å². The maximum Gasteiger partial charge on any atom is 0.244 e. The molecule has 0 unspecified atom stereocenters. The lowest BCUT2D eigenvalue weighted by molar-refractivity contribution is -0.116. The van der Waals surface area contributed by atoms with Crippen molar-refractivity contribution >= 4 is 12.0 Å². The number of methoxy groups -OCH3 is 2. The van der Waals surface area contributed by atoms with E-state index in [-0.39, 0.29) is 11.7 Å². The first-order chi connectivity index (χ1) is 11.1. The molecule has 2 aromatic rings. The largest absolute Gasteiger partial charge is 0.497 e. The van der Waals surface area contributed by atoms with E-state index in [1.807, 2.05) is 0 Å². The molecule has 0 spiro atoms. The van der Waals surface area contributed by atoms with Crippen LogP contribution in [0.1, 0.15) is 11.1 Å². The highest BCUT2D eigenvalue weighted by atomic mass is 19.1. The first-order valence-corrected chi connectivity index (χ1v) is 7.05. The lowest BCUT2D eigenvalue weighted by atomic mass is 10.1. The zero-order valence-corrected chi connectivity index (χ0v) is 13.0. The van der Waals surface area contributed by atoms with Gasteiger partial charge in [-0.3, -0.25) is 4.79 Å². The van der Waals surface area contributed by atoms with Gasteiger partial charge in [-0.2, -0.15) is 0 Å². The van der Waals surface area contributed by atoms with Crippen molar-refractivity contribution in [1.82, 2.24) is 5.32 Å². The Kier molecular flexibility index (Phi) is 5.74. The first-order valence-electron chi connectivity index (χ1n) is 7.05. The molecule has 0 heterocycles. The lowest BCUT2D eigenvalue weighted by Gasteiger charge is -2.07. The predicted molar refractivity (Wildman–Crippen MR) is 86.8 cm³/mol. The molecule has 0 aliphatic carbocycles. The molecule has 2 rings (SSSR count). The topological polar surface area (TPSA) is 47.6 Å². The van der Waals surface area contributed by atoms with Crippen molar-refractivity contribution in [2.75, 3.05) is 14.2 Å². The van der Waals surface area contributed by atoms with Gasteiger partial charge in [-0.25, -0.2) is 4.39 Å². The summed E-state index contributed by atoms with van der Waals surface area (Å²) < 4.78 is 23.2. The van der Waals surface area contributed by atoms with Crippen molar-refractivity contribution in [2.45, 2.75) is 6.54 Å². The minimum absolute atomic E-state index is 0.243. The lowest BCUT2D eigenvalue weighted by Crippen LogP contribution is -2.20. The molecule has 4 nitrogen and oxygen atoms in total. The van der Waals surface area contributed by atoms with E-state index in [4.69, 9.17) is 9.47 Å². The van der Waals surface area contributed by atoms with Crippen molar-refractivity contribution in [3.63, 3.8) is 0 Å². The van der Waals surface area contributed by atoms with Crippen LogP contribution in [0.15, 0.2) is 48.5 Å². The van der Waals surface area contributed by atoms with Gasteiger partial charge in [0.2, 0.25) is 5.91 Å². The Morgan fingerprint density at radius 2 is 1.87 bits per heavy atom. The second-order valence-corrected chi connectivity index (χ2v) is 4.79. The molecule has 0 fully saturated rings.